The minimum Gasteiger partial charge on any atom is -0.487 e. The number of anilines is 2. The number of rotatable bonds is 2. The van der Waals surface area contributed by atoms with Crippen LogP contribution in [0.15, 0.2) is 36.4 Å². The third-order valence-electron chi connectivity index (χ3n) is 3.69. The highest BCUT2D eigenvalue weighted by Crippen LogP contribution is 2.35. The zero-order chi connectivity index (χ0) is 18.2. The first-order chi connectivity index (χ1) is 11.8. The molecule has 0 unspecified atom stereocenters. The highest BCUT2D eigenvalue weighted by atomic mass is 19.4. The zero-order valence-electron chi connectivity index (χ0n) is 13.1. The van der Waals surface area contributed by atoms with Gasteiger partial charge in [0.2, 0.25) is 0 Å². The lowest BCUT2D eigenvalue weighted by molar-refractivity contribution is -0.138. The first-order valence-electron chi connectivity index (χ1n) is 7.47. The van der Waals surface area contributed by atoms with E-state index in [1.54, 1.807) is 6.07 Å². The summed E-state index contributed by atoms with van der Waals surface area (Å²) >= 11 is 0. The van der Waals surface area contributed by atoms with E-state index >= 15 is 0 Å². The number of carbonyl (C=O) groups is 1. The van der Waals surface area contributed by atoms with Crippen LogP contribution in [-0.4, -0.2) is 18.6 Å². The van der Waals surface area contributed by atoms with E-state index in [-0.39, 0.29) is 11.8 Å². The Bertz CT molecular complexity index is 821. The summed E-state index contributed by atoms with van der Waals surface area (Å²) in [6, 6.07) is 6.98. The first-order valence-corrected chi connectivity index (χ1v) is 7.47. The summed E-state index contributed by atoms with van der Waals surface area (Å²) in [5.74, 6) is -1.84. The van der Waals surface area contributed by atoms with Gasteiger partial charge in [-0.1, -0.05) is 6.07 Å². The molecule has 0 radical (unpaired) electrons. The van der Waals surface area contributed by atoms with E-state index in [0.29, 0.717) is 24.0 Å². The molecule has 25 heavy (non-hydrogen) atoms. The number of hydrogen-bond acceptors (Lipinski definition) is 3. The summed E-state index contributed by atoms with van der Waals surface area (Å²) in [6.07, 6.45) is -4.86. The SMILES string of the molecule is C[C@H]1CNc2cc(NC(=O)c3c(F)cccc3C(F)(F)F)ccc2O1. The average molecular weight is 354 g/mol. The summed E-state index contributed by atoms with van der Waals surface area (Å²) in [5, 5.41) is 5.38. The summed E-state index contributed by atoms with van der Waals surface area (Å²) in [7, 11) is 0. The van der Waals surface area contributed by atoms with Crippen LogP contribution in [0.5, 0.6) is 5.75 Å². The second-order valence-electron chi connectivity index (χ2n) is 5.63. The number of carbonyl (C=O) groups excluding carboxylic acids is 1. The Labute approximate surface area is 140 Å². The molecule has 1 aliphatic heterocycles. The van der Waals surface area contributed by atoms with Crippen LogP contribution in [0, 0.1) is 5.82 Å². The molecule has 2 N–H and O–H groups in total. The molecule has 3 rings (SSSR count). The lowest BCUT2D eigenvalue weighted by Crippen LogP contribution is -2.27. The molecular weight excluding hydrogens is 340 g/mol. The van der Waals surface area contributed by atoms with Crippen LogP contribution in [0.3, 0.4) is 0 Å². The Kier molecular flexibility index (Phi) is 4.28. The predicted octanol–water partition coefficient (Wildman–Crippen LogP) is 4.29. The molecule has 8 heteroatoms. The molecule has 132 valence electrons. The summed E-state index contributed by atoms with van der Waals surface area (Å²) < 4.78 is 58.5. The van der Waals surface area contributed by atoms with Crippen molar-refractivity contribution in [3.63, 3.8) is 0 Å². The third-order valence-corrected chi connectivity index (χ3v) is 3.69. The van der Waals surface area contributed by atoms with Crippen LogP contribution in [0.2, 0.25) is 0 Å². The van der Waals surface area contributed by atoms with E-state index < -0.39 is 29.0 Å². The molecule has 1 aliphatic rings. The predicted molar refractivity (Wildman–Crippen MR) is 84.4 cm³/mol. The van der Waals surface area contributed by atoms with Gasteiger partial charge >= 0.3 is 6.18 Å². The molecule has 2 aromatic rings. The van der Waals surface area contributed by atoms with Crippen LogP contribution in [0.25, 0.3) is 0 Å². The Hall–Kier alpha value is -2.77. The summed E-state index contributed by atoms with van der Waals surface area (Å²) in [4.78, 5) is 12.2. The number of amides is 1. The van der Waals surface area contributed by atoms with Crippen LogP contribution < -0.4 is 15.4 Å². The lowest BCUT2D eigenvalue weighted by atomic mass is 10.1. The maximum absolute atomic E-state index is 13.9. The van der Waals surface area contributed by atoms with Crippen molar-refractivity contribution in [1.29, 1.82) is 0 Å². The number of halogens is 4. The van der Waals surface area contributed by atoms with Crippen LogP contribution >= 0.6 is 0 Å². The standard InChI is InChI=1S/C17H14F4N2O2/c1-9-8-22-13-7-10(5-6-14(13)25-9)23-16(24)15-11(17(19,20)21)3-2-4-12(15)18/h2-7,9,22H,8H2,1H3,(H,23,24)/t9-/m0/s1. The van der Waals surface area contributed by atoms with E-state index in [1.165, 1.54) is 12.1 Å². The van der Waals surface area contributed by atoms with Gasteiger partial charge in [0.05, 0.1) is 23.4 Å². The minimum atomic E-state index is -4.84. The maximum atomic E-state index is 13.9. The van der Waals surface area contributed by atoms with Gasteiger partial charge < -0.3 is 15.4 Å². The highest BCUT2D eigenvalue weighted by molar-refractivity contribution is 6.06. The summed E-state index contributed by atoms with van der Waals surface area (Å²) in [6.45, 7) is 2.43. The minimum absolute atomic E-state index is 0.0271. The fourth-order valence-electron chi connectivity index (χ4n) is 2.55. The van der Waals surface area contributed by atoms with E-state index in [2.05, 4.69) is 10.6 Å². The monoisotopic (exact) mass is 354 g/mol. The smallest absolute Gasteiger partial charge is 0.417 e. The normalized spacial score (nSPS) is 16.4. The Morgan fingerprint density at radius 1 is 1.28 bits per heavy atom. The first kappa shape index (κ1) is 17.1. The second kappa shape index (κ2) is 6.27. The quantitative estimate of drug-likeness (QED) is 0.791. The van der Waals surface area contributed by atoms with Gasteiger partial charge in [0.15, 0.2) is 0 Å². The Balaban J connectivity index is 1.89. The van der Waals surface area contributed by atoms with Gasteiger partial charge in [-0.15, -0.1) is 0 Å². The van der Waals surface area contributed by atoms with E-state index in [0.717, 1.165) is 12.1 Å². The van der Waals surface area contributed by atoms with Crippen LogP contribution in [-0.2, 0) is 6.18 Å². The van der Waals surface area contributed by atoms with Gasteiger partial charge in [0.1, 0.15) is 17.7 Å². The van der Waals surface area contributed by atoms with Crippen molar-refractivity contribution in [3.05, 3.63) is 53.3 Å². The van der Waals surface area contributed by atoms with Gasteiger partial charge in [0, 0.05) is 5.69 Å². The van der Waals surface area contributed by atoms with Gasteiger partial charge in [0.25, 0.3) is 5.91 Å². The fraction of sp³-hybridized carbons (Fsp3) is 0.235. The molecular formula is C17H14F4N2O2. The van der Waals surface area contributed by atoms with Gasteiger partial charge in [-0.3, -0.25) is 4.79 Å². The Morgan fingerprint density at radius 2 is 2.04 bits per heavy atom. The number of hydrogen-bond donors (Lipinski definition) is 2. The zero-order valence-corrected chi connectivity index (χ0v) is 13.1. The molecule has 0 aliphatic carbocycles. The van der Waals surface area contributed by atoms with Crippen molar-refractivity contribution in [3.8, 4) is 5.75 Å². The molecule has 0 saturated heterocycles. The van der Waals surface area contributed by atoms with Crippen molar-refractivity contribution in [2.24, 2.45) is 0 Å². The van der Waals surface area contributed by atoms with E-state index in [4.69, 9.17) is 4.74 Å². The number of nitrogens with one attached hydrogen (secondary N) is 2. The molecule has 1 heterocycles. The molecule has 0 aromatic heterocycles. The lowest BCUT2D eigenvalue weighted by Gasteiger charge is -2.25. The van der Waals surface area contributed by atoms with Crippen LogP contribution in [0.1, 0.15) is 22.8 Å². The molecule has 0 bridgehead atoms. The van der Waals surface area contributed by atoms with E-state index in [9.17, 15) is 22.4 Å². The molecule has 0 saturated carbocycles. The van der Waals surface area contributed by atoms with Crippen LogP contribution in [0.4, 0.5) is 28.9 Å². The second-order valence-corrected chi connectivity index (χ2v) is 5.63. The Morgan fingerprint density at radius 3 is 2.76 bits per heavy atom. The number of benzene rings is 2. The van der Waals surface area contributed by atoms with E-state index in [1.807, 2.05) is 6.92 Å². The number of fused-ring (bicyclic) bond motifs is 1. The van der Waals surface area contributed by atoms with Crippen molar-refractivity contribution in [2.45, 2.75) is 19.2 Å². The molecule has 4 nitrogen and oxygen atoms in total. The number of alkyl halides is 3. The summed E-state index contributed by atoms with van der Waals surface area (Å²) in [5.41, 5.74) is -1.53. The van der Waals surface area contributed by atoms with Gasteiger partial charge in [-0.05, 0) is 37.3 Å². The third kappa shape index (κ3) is 3.52. The van der Waals surface area contributed by atoms with Crippen molar-refractivity contribution >= 4 is 17.3 Å². The largest absolute Gasteiger partial charge is 0.487 e. The number of ether oxygens (including phenoxy) is 1. The topological polar surface area (TPSA) is 50.4 Å². The van der Waals surface area contributed by atoms with Gasteiger partial charge in [-0.25, -0.2) is 4.39 Å². The molecule has 0 fully saturated rings. The van der Waals surface area contributed by atoms with Crippen molar-refractivity contribution in [1.82, 2.24) is 0 Å². The van der Waals surface area contributed by atoms with Crippen molar-refractivity contribution < 1.29 is 27.1 Å². The molecule has 2 aromatic carbocycles. The molecule has 1 atom stereocenters. The molecule has 1 amide bonds. The van der Waals surface area contributed by atoms with Gasteiger partial charge in [-0.2, -0.15) is 13.2 Å². The maximum Gasteiger partial charge on any atom is 0.417 e. The highest BCUT2D eigenvalue weighted by Gasteiger charge is 2.36. The molecule has 0 spiro atoms. The average Bonchev–Trinajstić information content (AvgIpc) is 2.53. The van der Waals surface area contributed by atoms with Crippen molar-refractivity contribution in [2.75, 3.05) is 17.2 Å². The fourth-order valence-corrected chi connectivity index (χ4v) is 2.55.